The van der Waals surface area contributed by atoms with Gasteiger partial charge in [-0.3, -0.25) is 4.79 Å². The summed E-state index contributed by atoms with van der Waals surface area (Å²) in [6.45, 7) is 2.85. The summed E-state index contributed by atoms with van der Waals surface area (Å²) in [5, 5.41) is 6.20. The number of piperidine rings is 1. The minimum atomic E-state index is -0.640. The van der Waals surface area contributed by atoms with E-state index in [2.05, 4.69) is 10.6 Å². The second kappa shape index (κ2) is 7.22. The van der Waals surface area contributed by atoms with E-state index in [1.54, 1.807) is 7.11 Å². The lowest BCUT2D eigenvalue weighted by Gasteiger charge is -2.34. The van der Waals surface area contributed by atoms with Crippen molar-refractivity contribution in [2.45, 2.75) is 50.2 Å². The number of rotatable bonds is 6. The monoisotopic (exact) mass is 270 g/mol. The van der Waals surface area contributed by atoms with Gasteiger partial charge < -0.3 is 20.1 Å². The first-order chi connectivity index (χ1) is 9.27. The van der Waals surface area contributed by atoms with Gasteiger partial charge in [0.05, 0.1) is 12.7 Å². The molecule has 2 fully saturated rings. The number of carbonyl (C=O) groups excluding carboxylic acids is 1. The molecule has 0 unspecified atom stereocenters. The Morgan fingerprint density at radius 3 is 2.63 bits per heavy atom. The van der Waals surface area contributed by atoms with Gasteiger partial charge in [0.1, 0.15) is 5.60 Å². The van der Waals surface area contributed by atoms with E-state index in [0.29, 0.717) is 19.3 Å². The summed E-state index contributed by atoms with van der Waals surface area (Å²) >= 11 is 0. The molecule has 0 atom stereocenters. The lowest BCUT2D eigenvalue weighted by atomic mass is 9.91. The van der Waals surface area contributed by atoms with Crippen molar-refractivity contribution in [1.82, 2.24) is 10.6 Å². The molecule has 1 heterocycles. The van der Waals surface area contributed by atoms with Gasteiger partial charge in [-0.25, -0.2) is 0 Å². The maximum atomic E-state index is 12.2. The maximum Gasteiger partial charge on any atom is 0.252 e. The molecular weight excluding hydrogens is 244 g/mol. The quantitative estimate of drug-likeness (QED) is 0.702. The van der Waals surface area contributed by atoms with Gasteiger partial charge in [-0.1, -0.05) is 12.8 Å². The predicted molar refractivity (Wildman–Crippen MR) is 73.1 cm³/mol. The van der Waals surface area contributed by atoms with Gasteiger partial charge in [-0.15, -0.1) is 0 Å². The molecule has 0 aromatic carbocycles. The molecule has 2 N–H and O–H groups in total. The Labute approximate surface area is 115 Å². The molecule has 1 aliphatic carbocycles. The second-order valence-corrected chi connectivity index (χ2v) is 5.48. The predicted octanol–water partition coefficient (Wildman–Crippen LogP) is 0.830. The van der Waals surface area contributed by atoms with Gasteiger partial charge in [0, 0.05) is 13.7 Å². The molecule has 0 spiro atoms. The zero-order chi connectivity index (χ0) is 13.6. The van der Waals surface area contributed by atoms with Crippen LogP contribution < -0.4 is 10.6 Å². The molecule has 19 heavy (non-hydrogen) atoms. The van der Waals surface area contributed by atoms with Crippen molar-refractivity contribution in [2.75, 3.05) is 33.4 Å². The highest BCUT2D eigenvalue weighted by atomic mass is 16.5. The minimum absolute atomic E-state index is 0.00604. The summed E-state index contributed by atoms with van der Waals surface area (Å²) in [6, 6.07) is 0. The van der Waals surface area contributed by atoms with Crippen molar-refractivity contribution in [3.8, 4) is 0 Å². The third-order valence-electron chi connectivity index (χ3n) is 4.26. The van der Waals surface area contributed by atoms with Gasteiger partial charge in [0.2, 0.25) is 0 Å². The van der Waals surface area contributed by atoms with Gasteiger partial charge >= 0.3 is 0 Å². The number of hydrogen-bond donors (Lipinski definition) is 2. The molecule has 0 aromatic heterocycles. The Bertz CT molecular complexity index is 284. The molecule has 1 saturated carbocycles. The van der Waals surface area contributed by atoms with Crippen LogP contribution in [0.1, 0.15) is 38.5 Å². The van der Waals surface area contributed by atoms with Crippen LogP contribution in [0.2, 0.25) is 0 Å². The molecule has 0 aromatic rings. The Kier molecular flexibility index (Phi) is 5.60. The van der Waals surface area contributed by atoms with Crippen LogP contribution >= 0.6 is 0 Å². The first kappa shape index (κ1) is 14.8. The normalized spacial score (nSPS) is 23.4. The molecule has 2 aliphatic rings. The van der Waals surface area contributed by atoms with Crippen LogP contribution in [0.15, 0.2) is 0 Å². The van der Waals surface area contributed by atoms with Crippen LogP contribution in [-0.4, -0.2) is 51.0 Å². The molecule has 1 aliphatic heterocycles. The van der Waals surface area contributed by atoms with Crippen molar-refractivity contribution < 1.29 is 14.3 Å². The van der Waals surface area contributed by atoms with E-state index in [1.165, 1.54) is 25.7 Å². The zero-order valence-electron chi connectivity index (χ0n) is 11.9. The average Bonchev–Trinajstić information content (AvgIpc) is 2.97. The smallest absolute Gasteiger partial charge is 0.252 e. The van der Waals surface area contributed by atoms with Crippen LogP contribution in [-0.2, 0) is 14.3 Å². The fourth-order valence-electron chi connectivity index (χ4n) is 2.96. The van der Waals surface area contributed by atoms with Crippen molar-refractivity contribution in [3.63, 3.8) is 0 Å². The SMILES string of the molecule is COC1(C(=O)NCCOC2CCCC2)CCNCC1. The summed E-state index contributed by atoms with van der Waals surface area (Å²) < 4.78 is 11.2. The van der Waals surface area contributed by atoms with Crippen LogP contribution in [0.5, 0.6) is 0 Å². The summed E-state index contributed by atoms with van der Waals surface area (Å²) in [4.78, 5) is 12.2. The highest BCUT2D eigenvalue weighted by molar-refractivity contribution is 5.85. The molecule has 5 nitrogen and oxygen atoms in total. The second-order valence-electron chi connectivity index (χ2n) is 5.48. The highest BCUT2D eigenvalue weighted by Crippen LogP contribution is 2.23. The maximum absolute atomic E-state index is 12.2. The highest BCUT2D eigenvalue weighted by Gasteiger charge is 2.39. The van der Waals surface area contributed by atoms with E-state index < -0.39 is 5.60 Å². The largest absolute Gasteiger partial charge is 0.376 e. The summed E-state index contributed by atoms with van der Waals surface area (Å²) in [5.74, 6) is 0.00604. The molecule has 0 bridgehead atoms. The third-order valence-corrected chi connectivity index (χ3v) is 4.26. The first-order valence-electron chi connectivity index (χ1n) is 7.43. The Hall–Kier alpha value is -0.650. The molecular formula is C14H26N2O3. The Morgan fingerprint density at radius 2 is 2.00 bits per heavy atom. The van der Waals surface area contributed by atoms with E-state index in [1.807, 2.05) is 0 Å². The van der Waals surface area contributed by atoms with Gasteiger partial charge in [-0.05, 0) is 38.8 Å². The van der Waals surface area contributed by atoms with Gasteiger partial charge in [0.25, 0.3) is 5.91 Å². The molecule has 5 heteroatoms. The van der Waals surface area contributed by atoms with Gasteiger partial charge in [-0.2, -0.15) is 0 Å². The number of methoxy groups -OCH3 is 1. The van der Waals surface area contributed by atoms with Crippen LogP contribution in [0.3, 0.4) is 0 Å². The summed E-state index contributed by atoms with van der Waals surface area (Å²) in [6.07, 6.45) is 6.77. The van der Waals surface area contributed by atoms with Crippen LogP contribution in [0.4, 0.5) is 0 Å². The number of amides is 1. The standard InChI is InChI=1S/C14H26N2O3/c1-18-14(6-8-15-9-7-14)13(17)16-10-11-19-12-4-2-3-5-12/h12,15H,2-11H2,1H3,(H,16,17). The fourth-order valence-corrected chi connectivity index (χ4v) is 2.96. The molecule has 0 radical (unpaired) electrons. The van der Waals surface area contributed by atoms with E-state index >= 15 is 0 Å². The molecule has 1 saturated heterocycles. The third kappa shape index (κ3) is 3.91. The van der Waals surface area contributed by atoms with Crippen LogP contribution in [0.25, 0.3) is 0 Å². The lowest BCUT2D eigenvalue weighted by molar-refractivity contribution is -0.147. The number of hydrogen-bond acceptors (Lipinski definition) is 4. The fraction of sp³-hybridized carbons (Fsp3) is 0.929. The van der Waals surface area contributed by atoms with Gasteiger partial charge in [0.15, 0.2) is 0 Å². The van der Waals surface area contributed by atoms with E-state index in [0.717, 1.165) is 25.9 Å². The first-order valence-corrected chi connectivity index (χ1v) is 7.43. The molecule has 110 valence electrons. The minimum Gasteiger partial charge on any atom is -0.376 e. The van der Waals surface area contributed by atoms with Crippen molar-refractivity contribution in [1.29, 1.82) is 0 Å². The zero-order valence-corrected chi connectivity index (χ0v) is 11.9. The Balaban J connectivity index is 1.67. The Morgan fingerprint density at radius 1 is 1.32 bits per heavy atom. The summed E-state index contributed by atoms with van der Waals surface area (Å²) in [5.41, 5.74) is -0.640. The summed E-state index contributed by atoms with van der Waals surface area (Å²) in [7, 11) is 1.62. The number of nitrogens with one attached hydrogen (secondary N) is 2. The topological polar surface area (TPSA) is 59.6 Å². The average molecular weight is 270 g/mol. The van der Waals surface area contributed by atoms with Crippen molar-refractivity contribution >= 4 is 5.91 Å². The van der Waals surface area contributed by atoms with E-state index in [9.17, 15) is 4.79 Å². The van der Waals surface area contributed by atoms with E-state index in [4.69, 9.17) is 9.47 Å². The van der Waals surface area contributed by atoms with Crippen LogP contribution in [0, 0.1) is 0 Å². The molecule has 1 amide bonds. The number of carbonyl (C=O) groups is 1. The lowest BCUT2D eigenvalue weighted by Crippen LogP contribution is -2.54. The van der Waals surface area contributed by atoms with Crippen molar-refractivity contribution in [2.24, 2.45) is 0 Å². The van der Waals surface area contributed by atoms with E-state index in [-0.39, 0.29) is 5.91 Å². The number of ether oxygens (including phenoxy) is 2. The molecule has 2 rings (SSSR count). The van der Waals surface area contributed by atoms with Crippen molar-refractivity contribution in [3.05, 3.63) is 0 Å².